The van der Waals surface area contributed by atoms with E-state index in [1.807, 2.05) is 18.2 Å². The van der Waals surface area contributed by atoms with Gasteiger partial charge in [0.1, 0.15) is 5.75 Å². The van der Waals surface area contributed by atoms with Gasteiger partial charge in [0, 0.05) is 9.89 Å². The van der Waals surface area contributed by atoms with E-state index in [2.05, 4.69) is 35.2 Å². The molecule has 0 unspecified atom stereocenters. The first kappa shape index (κ1) is 18.7. The van der Waals surface area contributed by atoms with Crippen LogP contribution in [-0.4, -0.2) is 6.79 Å². The molecule has 1 aliphatic carbocycles. The summed E-state index contributed by atoms with van der Waals surface area (Å²) in [5.74, 6) is 1.92. The molecule has 0 spiro atoms. The van der Waals surface area contributed by atoms with Gasteiger partial charge >= 0.3 is 7.67 Å². The quantitative estimate of drug-likeness (QED) is 0.305. The summed E-state index contributed by atoms with van der Waals surface area (Å²) in [6, 6.07) is 6.01. The summed E-state index contributed by atoms with van der Waals surface area (Å²) in [6.07, 6.45) is 3.33. The molecular weight excluding hydrogens is 331 g/mol. The normalized spacial score (nSPS) is 17.1. The summed E-state index contributed by atoms with van der Waals surface area (Å²) in [6.45, 7) is 5.83. The van der Waals surface area contributed by atoms with Crippen molar-refractivity contribution in [2.75, 3.05) is 6.79 Å². The van der Waals surface area contributed by atoms with Crippen molar-refractivity contribution in [2.45, 2.75) is 51.9 Å². The zero-order chi connectivity index (χ0) is 17.7. The fraction of sp³-hybridized carbons (Fsp3) is 0.625. The van der Waals surface area contributed by atoms with Crippen LogP contribution in [-0.2, 0) is 9.09 Å². The molecular formula is C16H23N2O5P. The highest BCUT2D eigenvalue weighted by molar-refractivity contribution is 7.55. The summed E-state index contributed by atoms with van der Waals surface area (Å²) >= 11 is 0. The van der Waals surface area contributed by atoms with E-state index in [1.165, 1.54) is 12.8 Å². The number of nitroso groups, excluding NO2 is 2. The average Bonchev–Trinajstić information content (AvgIpc) is 3.45. The Hall–Kier alpha value is -1.59. The maximum absolute atomic E-state index is 11.5. The molecule has 0 aromatic heterocycles. The van der Waals surface area contributed by atoms with Gasteiger partial charge in [-0.1, -0.05) is 39.0 Å². The monoisotopic (exact) mass is 354 g/mol. The zero-order valence-corrected chi connectivity index (χ0v) is 15.1. The molecule has 1 fully saturated rings. The van der Waals surface area contributed by atoms with Crippen LogP contribution in [0.4, 0.5) is 0 Å². The topological polar surface area (TPSA) is 94.4 Å². The Morgan fingerprint density at radius 3 is 2.38 bits per heavy atom. The number of benzene rings is 1. The van der Waals surface area contributed by atoms with Gasteiger partial charge in [0.2, 0.25) is 0 Å². The lowest BCUT2D eigenvalue weighted by atomic mass is 9.89. The maximum Gasteiger partial charge on any atom is 0.507 e. The van der Waals surface area contributed by atoms with E-state index >= 15 is 0 Å². The Kier molecular flexibility index (Phi) is 6.24. The maximum atomic E-state index is 11.5. The molecule has 7 nitrogen and oxygen atoms in total. The fourth-order valence-electron chi connectivity index (χ4n) is 2.77. The summed E-state index contributed by atoms with van der Waals surface area (Å²) < 4.78 is 21.9. The molecule has 8 heteroatoms. The van der Waals surface area contributed by atoms with Crippen LogP contribution in [0.5, 0.6) is 5.75 Å². The Bertz CT molecular complexity index is 635. The number of hydrogen-bond donors (Lipinski definition) is 0. The van der Waals surface area contributed by atoms with Gasteiger partial charge in [0.05, 0.1) is 0 Å². The molecule has 1 aliphatic rings. The third kappa shape index (κ3) is 4.28. The summed E-state index contributed by atoms with van der Waals surface area (Å²) in [4.78, 5) is 25.1. The van der Waals surface area contributed by atoms with E-state index in [0.29, 0.717) is 17.6 Å². The lowest BCUT2D eigenvalue weighted by Crippen LogP contribution is -2.09. The minimum Gasteiger partial charge on any atom is -0.466 e. The van der Waals surface area contributed by atoms with Crippen molar-refractivity contribution in [3.63, 3.8) is 0 Å². The molecule has 0 heterocycles. The first-order valence-electron chi connectivity index (χ1n) is 8.15. The third-order valence-electron chi connectivity index (χ3n) is 4.67. The van der Waals surface area contributed by atoms with Crippen molar-refractivity contribution < 1.29 is 13.8 Å². The van der Waals surface area contributed by atoms with E-state index in [0.717, 1.165) is 17.5 Å². The standard InChI is InChI=1S/C16H23N2O5P/c1-4-11(2)14-6-5-7-15(12(3)13-8-9-13)16(14)22-10-23-24(21,17-19)18-20/h5-7,11-13H,4,8-10H2,1-3H3/t11-,12-/m1/s1. The SMILES string of the molecule is CC[C@@H](C)c1cccc([C@H](C)C2CC2)c1OCOP(=O)(N=O)N=O. The van der Waals surface area contributed by atoms with Crippen molar-refractivity contribution in [2.24, 2.45) is 15.8 Å². The van der Waals surface area contributed by atoms with Gasteiger partial charge in [-0.25, -0.2) is 4.57 Å². The molecule has 1 aromatic rings. The van der Waals surface area contributed by atoms with Gasteiger partial charge in [0.15, 0.2) is 6.79 Å². The highest BCUT2D eigenvalue weighted by Gasteiger charge is 2.32. The lowest BCUT2D eigenvalue weighted by Gasteiger charge is -2.22. The van der Waals surface area contributed by atoms with Crippen LogP contribution in [0.15, 0.2) is 28.1 Å². The molecule has 1 aromatic carbocycles. The summed E-state index contributed by atoms with van der Waals surface area (Å²) in [5, 5.41) is 0. The van der Waals surface area contributed by atoms with Crippen molar-refractivity contribution in [1.82, 2.24) is 0 Å². The van der Waals surface area contributed by atoms with Crippen molar-refractivity contribution in [3.05, 3.63) is 39.1 Å². The predicted octanol–water partition coefficient (Wildman–Crippen LogP) is 5.71. The first-order chi connectivity index (χ1) is 11.5. The molecule has 0 amide bonds. The van der Waals surface area contributed by atoms with Crippen molar-refractivity contribution >= 4 is 7.67 Å². The van der Waals surface area contributed by atoms with Gasteiger partial charge in [-0.05, 0) is 48.1 Å². The first-order valence-corrected chi connectivity index (χ1v) is 9.68. The van der Waals surface area contributed by atoms with Crippen LogP contribution in [0.3, 0.4) is 0 Å². The molecule has 0 saturated heterocycles. The molecule has 2 rings (SSSR count). The van der Waals surface area contributed by atoms with Crippen LogP contribution in [0.1, 0.15) is 63.0 Å². The van der Waals surface area contributed by atoms with Gasteiger partial charge in [-0.15, -0.1) is 9.81 Å². The van der Waals surface area contributed by atoms with E-state index < -0.39 is 14.5 Å². The smallest absolute Gasteiger partial charge is 0.466 e. The molecule has 24 heavy (non-hydrogen) atoms. The summed E-state index contributed by atoms with van der Waals surface area (Å²) in [7, 11) is -4.40. The largest absolute Gasteiger partial charge is 0.507 e. The molecule has 1 saturated carbocycles. The molecule has 132 valence electrons. The molecule has 0 radical (unpaired) electrons. The minimum atomic E-state index is -4.40. The highest BCUT2D eigenvalue weighted by Crippen LogP contribution is 2.50. The molecule has 0 aliphatic heterocycles. The number of ether oxygens (including phenoxy) is 1. The second-order valence-electron chi connectivity index (χ2n) is 6.25. The van der Waals surface area contributed by atoms with E-state index in [4.69, 9.17) is 4.74 Å². The van der Waals surface area contributed by atoms with Gasteiger partial charge in [0.25, 0.3) is 0 Å². The zero-order valence-electron chi connectivity index (χ0n) is 14.2. The van der Waals surface area contributed by atoms with Crippen LogP contribution < -0.4 is 4.74 Å². The van der Waals surface area contributed by atoms with Gasteiger partial charge in [-0.3, -0.25) is 4.52 Å². The van der Waals surface area contributed by atoms with E-state index in [1.54, 1.807) is 0 Å². The van der Waals surface area contributed by atoms with Crippen LogP contribution in [0.2, 0.25) is 0 Å². The van der Waals surface area contributed by atoms with E-state index in [9.17, 15) is 14.4 Å². The molecule has 0 N–H and O–H groups in total. The second kappa shape index (κ2) is 7.99. The number of para-hydroxylation sites is 1. The van der Waals surface area contributed by atoms with Crippen molar-refractivity contribution in [3.8, 4) is 5.75 Å². The average molecular weight is 354 g/mol. The Morgan fingerprint density at radius 1 is 1.21 bits per heavy atom. The third-order valence-corrected chi connectivity index (χ3v) is 5.52. The minimum absolute atomic E-state index is 0.270. The van der Waals surface area contributed by atoms with Crippen LogP contribution in [0.25, 0.3) is 0 Å². The van der Waals surface area contributed by atoms with Gasteiger partial charge < -0.3 is 4.74 Å². The number of nitrogens with zero attached hydrogens (tertiary/aromatic N) is 2. The van der Waals surface area contributed by atoms with Crippen molar-refractivity contribution in [1.29, 1.82) is 0 Å². The predicted molar refractivity (Wildman–Crippen MR) is 92.1 cm³/mol. The van der Waals surface area contributed by atoms with Crippen LogP contribution in [0, 0.1) is 15.7 Å². The Morgan fingerprint density at radius 2 is 1.83 bits per heavy atom. The Labute approximate surface area is 141 Å². The number of rotatable bonds is 10. The number of hydrogen-bond acceptors (Lipinski definition) is 5. The van der Waals surface area contributed by atoms with Gasteiger partial charge in [-0.2, -0.15) is 0 Å². The Balaban J connectivity index is 2.25. The fourth-order valence-corrected chi connectivity index (χ4v) is 3.09. The summed E-state index contributed by atoms with van der Waals surface area (Å²) in [5.41, 5.74) is 2.09. The second-order valence-corrected chi connectivity index (χ2v) is 7.81. The molecule has 0 bridgehead atoms. The van der Waals surface area contributed by atoms with Crippen LogP contribution >= 0.6 is 7.67 Å². The lowest BCUT2D eigenvalue weighted by molar-refractivity contribution is 0.119. The molecule has 2 atom stereocenters. The highest BCUT2D eigenvalue weighted by atomic mass is 31.2. The van der Waals surface area contributed by atoms with E-state index in [-0.39, 0.29) is 5.92 Å².